The van der Waals surface area contributed by atoms with Gasteiger partial charge in [0.05, 0.1) is 22.4 Å². The number of aromatic hydroxyl groups is 1. The molecule has 3 N–H and O–H groups in total. The lowest BCUT2D eigenvalue weighted by Gasteiger charge is -2.13. The number of phenols is 1. The van der Waals surface area contributed by atoms with Crippen LogP contribution < -0.4 is 5.32 Å². The molecule has 2 aromatic carbocycles. The number of nitrogens with one attached hydrogen (secondary N) is 1. The first kappa shape index (κ1) is 25.0. The molecule has 2 aromatic rings. The summed E-state index contributed by atoms with van der Waals surface area (Å²) in [5.74, 6) is -2.02. The van der Waals surface area contributed by atoms with Gasteiger partial charge < -0.3 is 15.5 Å². The van der Waals surface area contributed by atoms with Gasteiger partial charge in [-0.3, -0.25) is 19.3 Å². The van der Waals surface area contributed by atoms with Crippen molar-refractivity contribution in [1.29, 1.82) is 0 Å². The van der Waals surface area contributed by atoms with Crippen molar-refractivity contribution in [2.24, 2.45) is 0 Å². The Kier molecular flexibility index (Phi) is 8.79. The fourth-order valence-corrected chi connectivity index (χ4v) is 4.04. The third-order valence-electron chi connectivity index (χ3n) is 5.93. The monoisotopic (exact) mass is 466 g/mol. The van der Waals surface area contributed by atoms with Crippen LogP contribution in [0, 0.1) is 0 Å². The van der Waals surface area contributed by atoms with Crippen molar-refractivity contribution in [3.8, 4) is 5.75 Å². The first-order valence-electron chi connectivity index (χ1n) is 11.7. The molecule has 34 heavy (non-hydrogen) atoms. The first-order valence-corrected chi connectivity index (χ1v) is 11.7. The largest absolute Gasteiger partial charge is 0.506 e. The first-order chi connectivity index (χ1) is 16.4. The molecule has 1 aliphatic rings. The van der Waals surface area contributed by atoms with Gasteiger partial charge in [-0.25, -0.2) is 4.79 Å². The Morgan fingerprint density at radius 2 is 1.35 bits per heavy atom. The van der Waals surface area contributed by atoms with Crippen molar-refractivity contribution in [2.45, 2.75) is 57.8 Å². The molecular formula is C26H30N2O6. The Labute approximate surface area is 198 Å². The number of carboxylic acid groups (broad SMARTS) is 1. The van der Waals surface area contributed by atoms with Gasteiger partial charge in [-0.1, -0.05) is 50.7 Å². The van der Waals surface area contributed by atoms with Crippen LogP contribution in [0.2, 0.25) is 0 Å². The highest BCUT2D eigenvalue weighted by molar-refractivity contribution is 6.21. The lowest BCUT2D eigenvalue weighted by Crippen LogP contribution is -2.30. The Morgan fingerprint density at radius 3 is 1.91 bits per heavy atom. The minimum absolute atomic E-state index is 0.0425. The van der Waals surface area contributed by atoms with Gasteiger partial charge in [0.2, 0.25) is 5.91 Å². The van der Waals surface area contributed by atoms with E-state index in [1.165, 1.54) is 17.0 Å². The van der Waals surface area contributed by atoms with E-state index in [1.54, 1.807) is 24.3 Å². The lowest BCUT2D eigenvalue weighted by atomic mass is 10.1. The average Bonchev–Trinajstić information content (AvgIpc) is 3.06. The standard InChI is InChI=1S/C26H30N2O6/c29-22-17-18(26(33)34)14-15-21(22)27-23(30)13-7-5-3-1-2-4-6-10-16-28-24(31)19-11-8-9-12-20(19)25(28)32/h8-9,11-12,14-15,17,29H,1-7,10,13,16H2,(H,27,30)(H,33,34). The zero-order valence-electron chi connectivity index (χ0n) is 19.1. The van der Waals surface area contributed by atoms with Crippen LogP contribution in [-0.2, 0) is 4.79 Å². The van der Waals surface area contributed by atoms with Crippen LogP contribution in [-0.4, -0.2) is 45.3 Å². The summed E-state index contributed by atoms with van der Waals surface area (Å²) in [5, 5.41) is 21.3. The molecule has 0 atom stereocenters. The number of imide groups is 1. The SMILES string of the molecule is O=C(CCCCCCCCCCN1C(=O)c2ccccc2C1=O)Nc1ccc(C(=O)O)cc1O. The normalized spacial score (nSPS) is 12.6. The quantitative estimate of drug-likeness (QED) is 0.221. The fourth-order valence-electron chi connectivity index (χ4n) is 4.04. The number of carbonyl (C=O) groups excluding carboxylic acids is 3. The van der Waals surface area contributed by atoms with E-state index in [4.69, 9.17) is 5.11 Å². The predicted molar refractivity (Wildman–Crippen MR) is 127 cm³/mol. The summed E-state index contributed by atoms with van der Waals surface area (Å²) in [5.41, 5.74) is 1.15. The minimum Gasteiger partial charge on any atom is -0.506 e. The van der Waals surface area contributed by atoms with Gasteiger partial charge >= 0.3 is 5.97 Å². The zero-order chi connectivity index (χ0) is 24.5. The molecule has 0 unspecified atom stereocenters. The highest BCUT2D eigenvalue weighted by atomic mass is 16.4. The zero-order valence-corrected chi connectivity index (χ0v) is 19.1. The number of hydrogen-bond acceptors (Lipinski definition) is 5. The van der Waals surface area contributed by atoms with Crippen molar-refractivity contribution in [3.63, 3.8) is 0 Å². The van der Waals surface area contributed by atoms with Gasteiger partial charge in [0.15, 0.2) is 0 Å². The van der Waals surface area contributed by atoms with E-state index in [-0.39, 0.29) is 34.7 Å². The topological polar surface area (TPSA) is 124 Å². The number of amides is 3. The molecule has 0 saturated carbocycles. The fraction of sp³-hybridized carbons (Fsp3) is 0.385. The number of hydrogen-bond donors (Lipinski definition) is 3. The summed E-state index contributed by atoms with van der Waals surface area (Å²) in [6.07, 6.45) is 7.93. The summed E-state index contributed by atoms with van der Waals surface area (Å²) < 4.78 is 0. The Morgan fingerprint density at radius 1 is 0.794 bits per heavy atom. The highest BCUT2D eigenvalue weighted by Crippen LogP contribution is 2.25. The van der Waals surface area contributed by atoms with E-state index in [0.717, 1.165) is 57.4 Å². The molecule has 0 fully saturated rings. The van der Waals surface area contributed by atoms with Crippen LogP contribution in [0.1, 0.15) is 88.9 Å². The summed E-state index contributed by atoms with van der Waals surface area (Å²) in [4.78, 5) is 48.9. The average molecular weight is 467 g/mol. The number of carboxylic acids is 1. The molecule has 0 aliphatic carbocycles. The van der Waals surface area contributed by atoms with E-state index >= 15 is 0 Å². The molecule has 0 radical (unpaired) electrons. The van der Waals surface area contributed by atoms with E-state index in [0.29, 0.717) is 24.1 Å². The van der Waals surface area contributed by atoms with Crippen LogP contribution in [0.5, 0.6) is 5.75 Å². The number of carbonyl (C=O) groups is 4. The van der Waals surface area contributed by atoms with Gasteiger partial charge in [0, 0.05) is 13.0 Å². The van der Waals surface area contributed by atoms with E-state index in [9.17, 15) is 24.3 Å². The van der Waals surface area contributed by atoms with Crippen LogP contribution >= 0.6 is 0 Å². The van der Waals surface area contributed by atoms with Gasteiger partial charge in [-0.15, -0.1) is 0 Å². The molecule has 3 rings (SSSR count). The van der Waals surface area contributed by atoms with Crippen molar-refractivity contribution in [3.05, 3.63) is 59.2 Å². The van der Waals surface area contributed by atoms with E-state index in [2.05, 4.69) is 5.32 Å². The number of unbranched alkanes of at least 4 members (excludes halogenated alkanes) is 7. The summed E-state index contributed by atoms with van der Waals surface area (Å²) >= 11 is 0. The second-order valence-electron chi connectivity index (χ2n) is 8.47. The third kappa shape index (κ3) is 6.43. The molecule has 8 heteroatoms. The smallest absolute Gasteiger partial charge is 0.335 e. The van der Waals surface area contributed by atoms with Crippen LogP contribution in [0.15, 0.2) is 42.5 Å². The van der Waals surface area contributed by atoms with Crippen molar-refractivity contribution >= 4 is 29.4 Å². The molecule has 3 amide bonds. The second kappa shape index (κ2) is 12.0. The number of anilines is 1. The third-order valence-corrected chi connectivity index (χ3v) is 5.93. The van der Waals surface area contributed by atoms with Crippen LogP contribution in [0.3, 0.4) is 0 Å². The molecule has 8 nitrogen and oxygen atoms in total. The maximum absolute atomic E-state index is 12.3. The molecule has 0 bridgehead atoms. The van der Waals surface area contributed by atoms with E-state index < -0.39 is 5.97 Å². The number of nitrogens with zero attached hydrogens (tertiary/aromatic N) is 1. The lowest BCUT2D eigenvalue weighted by molar-refractivity contribution is -0.116. The summed E-state index contributed by atoms with van der Waals surface area (Å²) in [6.45, 7) is 0.454. The maximum Gasteiger partial charge on any atom is 0.335 e. The summed E-state index contributed by atoms with van der Waals surface area (Å²) in [6, 6.07) is 10.8. The number of benzene rings is 2. The van der Waals surface area contributed by atoms with Crippen molar-refractivity contribution in [2.75, 3.05) is 11.9 Å². The molecule has 0 saturated heterocycles. The number of rotatable bonds is 13. The van der Waals surface area contributed by atoms with Crippen molar-refractivity contribution in [1.82, 2.24) is 4.90 Å². The Bertz CT molecular complexity index is 1030. The number of fused-ring (bicyclic) bond motifs is 1. The maximum atomic E-state index is 12.3. The van der Waals surface area contributed by atoms with Crippen molar-refractivity contribution < 1.29 is 29.4 Å². The number of phenolic OH excluding ortho intramolecular Hbond substituents is 1. The molecule has 1 aliphatic heterocycles. The molecule has 0 spiro atoms. The summed E-state index contributed by atoms with van der Waals surface area (Å²) in [7, 11) is 0. The van der Waals surface area contributed by atoms with Gasteiger partial charge in [0.25, 0.3) is 11.8 Å². The number of aromatic carboxylic acids is 1. The van der Waals surface area contributed by atoms with Gasteiger partial charge in [-0.2, -0.15) is 0 Å². The second-order valence-corrected chi connectivity index (χ2v) is 8.47. The molecule has 180 valence electrons. The molecule has 1 heterocycles. The van der Waals surface area contributed by atoms with Gasteiger partial charge in [-0.05, 0) is 43.2 Å². The van der Waals surface area contributed by atoms with Crippen LogP contribution in [0.4, 0.5) is 5.69 Å². The Hall–Kier alpha value is -3.68. The minimum atomic E-state index is -1.14. The highest BCUT2D eigenvalue weighted by Gasteiger charge is 2.34. The molecule has 0 aromatic heterocycles. The Balaban J connectivity index is 1.21. The predicted octanol–water partition coefficient (Wildman–Crippen LogP) is 4.84. The van der Waals surface area contributed by atoms with E-state index in [1.807, 2.05) is 0 Å². The van der Waals surface area contributed by atoms with Gasteiger partial charge in [0.1, 0.15) is 5.75 Å². The molecular weight excluding hydrogens is 436 g/mol. The van der Waals surface area contributed by atoms with Crippen LogP contribution in [0.25, 0.3) is 0 Å².